The van der Waals surface area contributed by atoms with E-state index in [1.807, 2.05) is 0 Å². The molecule has 0 spiro atoms. The lowest BCUT2D eigenvalue weighted by atomic mass is 10.1. The van der Waals surface area contributed by atoms with Gasteiger partial charge in [0.25, 0.3) is 5.91 Å². The number of hydrogen-bond acceptors (Lipinski definition) is 15. The molecule has 2 aromatic heterocycles. The van der Waals surface area contributed by atoms with Crippen LogP contribution in [0.2, 0.25) is 0 Å². The molecule has 3 aromatic rings. The molecule has 1 aliphatic heterocycles. The zero-order valence-electron chi connectivity index (χ0n) is 28.9. The summed E-state index contributed by atoms with van der Waals surface area (Å²) in [6.45, 7) is 2.16. The summed E-state index contributed by atoms with van der Waals surface area (Å²) >= 11 is 0. The Balaban J connectivity index is 0.000000521. The number of nitrogens with one attached hydrogen (secondary N) is 3. The summed E-state index contributed by atoms with van der Waals surface area (Å²) in [6, 6.07) is 5.34. The van der Waals surface area contributed by atoms with Crippen molar-refractivity contribution in [1.82, 2.24) is 15.0 Å². The number of halogens is 1. The minimum absolute atomic E-state index is 0.00747. The number of nitrogens with two attached hydrogens (primary N) is 2. The number of anilines is 5. The molecule has 3 heterocycles. The first-order valence-electron chi connectivity index (χ1n) is 15.3. The second-order valence-electron chi connectivity index (χ2n) is 11.4. The van der Waals surface area contributed by atoms with E-state index >= 15 is 0 Å². The Morgan fingerprint density at radius 2 is 1.77 bits per heavy atom. The normalized spacial score (nSPS) is 13.8. The molecule has 22 heteroatoms. The number of nitrogens with zero attached hydrogens (tertiary/aromatic N) is 4. The summed E-state index contributed by atoms with van der Waals surface area (Å²) in [7, 11) is -0.521. The summed E-state index contributed by atoms with van der Waals surface area (Å²) in [5, 5.41) is 20.9. The van der Waals surface area contributed by atoms with E-state index in [2.05, 4.69) is 30.1 Å². The maximum Gasteiger partial charge on any atom is 0.471 e. The van der Waals surface area contributed by atoms with E-state index in [9.17, 15) is 18.5 Å². The van der Waals surface area contributed by atoms with Crippen LogP contribution in [0.3, 0.4) is 0 Å². The Morgan fingerprint density at radius 3 is 2.33 bits per heavy atom. The second kappa shape index (κ2) is 17.7. The van der Waals surface area contributed by atoms with E-state index in [0.29, 0.717) is 42.2 Å². The van der Waals surface area contributed by atoms with E-state index in [0.717, 1.165) is 17.5 Å². The number of aromatic nitrogens is 3. The van der Waals surface area contributed by atoms with Crippen molar-refractivity contribution in [2.45, 2.75) is 51.2 Å². The summed E-state index contributed by atoms with van der Waals surface area (Å²) in [4.78, 5) is 54.6. The number of ether oxygens (including phenoxy) is 4. The van der Waals surface area contributed by atoms with Crippen LogP contribution < -0.4 is 45.9 Å². The van der Waals surface area contributed by atoms with Gasteiger partial charge in [0, 0.05) is 24.2 Å². The van der Waals surface area contributed by atoms with Crippen LogP contribution in [-0.4, -0.2) is 87.3 Å². The molecule has 4 rings (SSSR count). The van der Waals surface area contributed by atoms with Crippen molar-refractivity contribution in [3.63, 3.8) is 0 Å². The highest BCUT2D eigenvalue weighted by Gasteiger charge is 2.42. The number of rotatable bonds is 16. The van der Waals surface area contributed by atoms with Gasteiger partial charge in [-0.2, -0.15) is 4.98 Å². The van der Waals surface area contributed by atoms with Gasteiger partial charge in [-0.3, -0.25) is 24.4 Å². The van der Waals surface area contributed by atoms with Gasteiger partial charge in [0.05, 0.1) is 33.4 Å². The number of methoxy groups -OCH3 is 3. The maximum atomic E-state index is 14.7. The van der Waals surface area contributed by atoms with Gasteiger partial charge in [-0.05, 0) is 38.8 Å². The Morgan fingerprint density at radius 1 is 1.12 bits per heavy atom. The molecule has 52 heavy (non-hydrogen) atoms. The fraction of sp³-hybridized carbons (Fsp3) is 0.400. The molecule has 0 saturated carbocycles. The number of unbranched alkanes of at least 4 members (excludes halogenated alkanes) is 1. The number of amides is 1. The molecule has 1 amide bonds. The molecule has 20 nitrogen and oxygen atoms in total. The number of phosphoric ester groups is 1. The van der Waals surface area contributed by atoms with Gasteiger partial charge in [-0.15, -0.1) is 0 Å². The number of pyridine rings is 1. The number of carbonyl (C=O) groups excluding carboxylic acids is 1. The van der Waals surface area contributed by atoms with E-state index in [-0.39, 0.29) is 35.0 Å². The van der Waals surface area contributed by atoms with Gasteiger partial charge < -0.3 is 55.9 Å². The SMILES string of the molecule is COc1cc(Nc2ncc(F)c(Nc3ccc4c(n3)N(COP(=O)(O)O)C(=O)C(C)(C)O4)n2)cc(OC)c1OC.N=C(N)CCCC[C@H](N)C(=O)O. The lowest BCUT2D eigenvalue weighted by molar-refractivity contribution is -0.138. The first-order chi connectivity index (χ1) is 24.4. The monoisotopic (exact) mass is 753 g/mol. The molecule has 0 saturated heterocycles. The minimum atomic E-state index is -4.91. The van der Waals surface area contributed by atoms with Crippen molar-refractivity contribution in [3.05, 3.63) is 36.3 Å². The second-order valence-corrected chi connectivity index (χ2v) is 12.6. The zero-order valence-corrected chi connectivity index (χ0v) is 29.8. The Labute approximate surface area is 297 Å². The van der Waals surface area contributed by atoms with Crippen LogP contribution in [0.25, 0.3) is 0 Å². The number of hydrogen-bond donors (Lipinski definition) is 8. The van der Waals surface area contributed by atoms with Gasteiger partial charge in [-0.25, -0.2) is 18.9 Å². The highest BCUT2D eigenvalue weighted by atomic mass is 31.2. The molecule has 0 aliphatic carbocycles. The van der Waals surface area contributed by atoms with E-state index in [4.69, 9.17) is 50.7 Å². The molecule has 0 radical (unpaired) electrons. The summed E-state index contributed by atoms with van der Waals surface area (Å²) < 4.78 is 52.1. The average molecular weight is 754 g/mol. The maximum absolute atomic E-state index is 14.7. The standard InChI is InChI=1S/C23H26FN6O9P.C7H15N3O2/c1-23(2)21(31)30(11-38-40(32,33)34)20-14(39-23)6-7-17(28-20)27-19-13(24)10-25-22(29-19)26-12-8-15(35-3)18(37-5)16(9-12)36-4;8-5(7(11)12)3-1-2-4-6(9)10/h6-10H,11H2,1-5H3,(H2,32,33,34)(H2,25,26,27,28,29);5H,1-4,8H2,(H3,9,10)(H,11,12)/t;5-/m.0/s1. The summed E-state index contributed by atoms with van der Waals surface area (Å²) in [6.07, 6.45) is 3.34. The topological polar surface area (TPSA) is 300 Å². The number of fused-ring (bicyclic) bond motifs is 1. The molecule has 1 atom stereocenters. The number of carboxylic acids is 1. The molecule has 1 aromatic carbocycles. The minimum Gasteiger partial charge on any atom is -0.493 e. The first kappa shape index (κ1) is 41.1. The van der Waals surface area contributed by atoms with Gasteiger partial charge >= 0.3 is 13.8 Å². The van der Waals surface area contributed by atoms with E-state index < -0.39 is 43.9 Å². The van der Waals surface area contributed by atoms with Crippen molar-refractivity contribution < 1.29 is 56.9 Å². The molecule has 1 aliphatic rings. The van der Waals surface area contributed by atoms with Gasteiger partial charge in [0.2, 0.25) is 11.7 Å². The van der Waals surface area contributed by atoms with Crippen LogP contribution in [0, 0.1) is 11.2 Å². The van der Waals surface area contributed by atoms with Gasteiger partial charge in [0.1, 0.15) is 18.6 Å². The van der Waals surface area contributed by atoms with Crippen molar-refractivity contribution in [2.75, 3.05) is 43.6 Å². The number of phosphoric acid groups is 1. The van der Waals surface area contributed by atoms with Gasteiger partial charge in [0.15, 0.2) is 40.3 Å². The largest absolute Gasteiger partial charge is 0.493 e. The third-order valence-corrected chi connectivity index (χ3v) is 7.47. The third-order valence-electron chi connectivity index (χ3n) is 7.02. The van der Waals surface area contributed by atoms with Gasteiger partial charge in [-0.1, -0.05) is 6.42 Å². The van der Waals surface area contributed by atoms with E-state index in [1.165, 1.54) is 47.3 Å². The highest BCUT2D eigenvalue weighted by Crippen LogP contribution is 2.42. The Bertz CT molecular complexity index is 1790. The molecule has 0 unspecified atom stereocenters. The number of carbonyl (C=O) groups is 2. The predicted octanol–water partition coefficient (Wildman–Crippen LogP) is 2.99. The van der Waals surface area contributed by atoms with Crippen molar-refractivity contribution in [3.8, 4) is 23.0 Å². The van der Waals surface area contributed by atoms with E-state index in [1.54, 1.807) is 12.1 Å². The quantitative estimate of drug-likeness (QED) is 0.0451. The Hall–Kier alpha value is -5.34. The number of amidine groups is 1. The van der Waals surface area contributed by atoms with Crippen LogP contribution in [-0.2, 0) is 18.7 Å². The van der Waals surface area contributed by atoms with Crippen molar-refractivity contribution in [2.24, 2.45) is 11.5 Å². The predicted molar refractivity (Wildman–Crippen MR) is 185 cm³/mol. The van der Waals surface area contributed by atoms with Crippen molar-refractivity contribution >= 4 is 54.6 Å². The van der Waals surface area contributed by atoms with Crippen LogP contribution in [0.5, 0.6) is 23.0 Å². The fourth-order valence-electron chi connectivity index (χ4n) is 4.49. The highest BCUT2D eigenvalue weighted by molar-refractivity contribution is 7.46. The van der Waals surface area contributed by atoms with Crippen LogP contribution in [0.4, 0.5) is 33.5 Å². The first-order valence-corrected chi connectivity index (χ1v) is 16.8. The summed E-state index contributed by atoms with van der Waals surface area (Å²) in [5.41, 5.74) is 9.44. The zero-order chi connectivity index (χ0) is 38.8. The van der Waals surface area contributed by atoms with Crippen LogP contribution in [0.15, 0.2) is 30.5 Å². The third kappa shape index (κ3) is 11.3. The average Bonchev–Trinajstić information content (AvgIpc) is 3.07. The van der Waals surface area contributed by atoms with Crippen molar-refractivity contribution in [1.29, 1.82) is 5.41 Å². The summed E-state index contributed by atoms with van der Waals surface area (Å²) in [5.74, 6) is -1.39. The lowest BCUT2D eigenvalue weighted by Gasteiger charge is -2.37. The molecule has 0 bridgehead atoms. The molecule has 0 fully saturated rings. The number of benzene rings is 1. The lowest BCUT2D eigenvalue weighted by Crippen LogP contribution is -2.53. The molecular formula is C30H41FN9O11P. The smallest absolute Gasteiger partial charge is 0.471 e. The molecule has 10 N–H and O–H groups in total. The molecular weight excluding hydrogens is 712 g/mol. The van der Waals surface area contributed by atoms with Crippen LogP contribution >= 0.6 is 7.82 Å². The fourth-order valence-corrected chi connectivity index (χ4v) is 4.76. The number of carboxylic acid groups (broad SMARTS) is 1. The molecule has 284 valence electrons. The van der Waals surface area contributed by atoms with Crippen LogP contribution in [0.1, 0.15) is 39.5 Å². The Kier molecular flexibility index (Phi) is 14.0. The number of aliphatic carboxylic acids is 1.